The van der Waals surface area contributed by atoms with Crippen molar-refractivity contribution in [1.82, 2.24) is 10.2 Å². The molecule has 2 rings (SSSR count). The fourth-order valence-electron chi connectivity index (χ4n) is 2.55. The molecule has 0 aliphatic carbocycles. The molecule has 6 heteroatoms. The molecule has 0 spiro atoms. The summed E-state index contributed by atoms with van der Waals surface area (Å²) in [4.78, 5) is 14.5. The number of benzene rings is 2. The van der Waals surface area contributed by atoms with E-state index < -0.39 is 11.6 Å². The molecule has 0 bridgehead atoms. The molecule has 1 amide bonds. The molecule has 0 saturated carbocycles. The molecule has 0 aromatic heterocycles. The minimum absolute atomic E-state index is 0.0403. The van der Waals surface area contributed by atoms with E-state index in [0.717, 1.165) is 55.2 Å². The van der Waals surface area contributed by atoms with Crippen LogP contribution in [0.2, 0.25) is 0 Å². The summed E-state index contributed by atoms with van der Waals surface area (Å²) in [5, 5.41) is 2.86. The highest BCUT2D eigenvalue weighted by atomic mass is 32.2. The lowest BCUT2D eigenvalue weighted by Crippen LogP contribution is -2.27. The average molecular weight is 378 g/mol. The fraction of sp³-hybridized carbons (Fsp3) is 0.350. The predicted octanol–water partition coefficient (Wildman–Crippen LogP) is 4.22. The van der Waals surface area contributed by atoms with Crippen LogP contribution in [0.3, 0.4) is 0 Å². The van der Waals surface area contributed by atoms with Gasteiger partial charge in [0.25, 0.3) is 0 Å². The van der Waals surface area contributed by atoms with Gasteiger partial charge in [-0.3, -0.25) is 9.69 Å². The van der Waals surface area contributed by atoms with Crippen LogP contribution < -0.4 is 5.32 Å². The van der Waals surface area contributed by atoms with Gasteiger partial charge >= 0.3 is 0 Å². The van der Waals surface area contributed by atoms with Gasteiger partial charge in [-0.05, 0) is 42.4 Å². The summed E-state index contributed by atoms with van der Waals surface area (Å²) in [6, 6.07) is 11.2. The van der Waals surface area contributed by atoms with Gasteiger partial charge < -0.3 is 5.32 Å². The van der Waals surface area contributed by atoms with E-state index in [1.54, 1.807) is 0 Å². The Bertz CT molecular complexity index is 736. The molecular formula is C20H24F2N2OS. The molecule has 2 aromatic carbocycles. The maximum absolute atomic E-state index is 13.6. The van der Waals surface area contributed by atoms with Gasteiger partial charge in [-0.15, -0.1) is 11.8 Å². The third-order valence-corrected chi connectivity index (χ3v) is 5.17. The van der Waals surface area contributed by atoms with Crippen LogP contribution in [-0.4, -0.2) is 29.6 Å². The molecule has 0 atom stereocenters. The van der Waals surface area contributed by atoms with E-state index in [2.05, 4.69) is 30.1 Å². The standard InChI is InChI=1S/C20H24F2N2OS/c1-3-24(4-2)13-16-8-6-5-7-15(16)12-23-20(25)14-26-19-11-17(21)9-10-18(19)22/h5-11H,3-4,12-14H2,1-2H3,(H,23,25). The van der Waals surface area contributed by atoms with Crippen LogP contribution in [0.5, 0.6) is 0 Å². The van der Waals surface area contributed by atoms with E-state index in [-0.39, 0.29) is 16.6 Å². The second-order valence-electron chi connectivity index (χ2n) is 5.87. The Morgan fingerprint density at radius 1 is 1.08 bits per heavy atom. The Hall–Kier alpha value is -1.92. The maximum atomic E-state index is 13.6. The van der Waals surface area contributed by atoms with Crippen LogP contribution >= 0.6 is 11.8 Å². The zero-order valence-electron chi connectivity index (χ0n) is 15.1. The molecule has 0 radical (unpaired) electrons. The number of nitrogens with zero attached hydrogens (tertiary/aromatic N) is 1. The summed E-state index contributed by atoms with van der Waals surface area (Å²) >= 11 is 0.991. The lowest BCUT2D eigenvalue weighted by molar-refractivity contribution is -0.118. The first-order chi connectivity index (χ1) is 12.5. The molecule has 0 saturated heterocycles. The normalized spacial score (nSPS) is 11.0. The van der Waals surface area contributed by atoms with Crippen molar-refractivity contribution in [3.8, 4) is 0 Å². The number of carbonyl (C=O) groups excluding carboxylic acids is 1. The van der Waals surface area contributed by atoms with Crippen molar-refractivity contribution in [3.05, 3.63) is 65.2 Å². The van der Waals surface area contributed by atoms with Crippen LogP contribution in [0.15, 0.2) is 47.4 Å². The smallest absolute Gasteiger partial charge is 0.230 e. The van der Waals surface area contributed by atoms with Crippen molar-refractivity contribution < 1.29 is 13.6 Å². The average Bonchev–Trinajstić information content (AvgIpc) is 2.65. The maximum Gasteiger partial charge on any atom is 0.230 e. The number of nitrogens with one attached hydrogen (secondary N) is 1. The van der Waals surface area contributed by atoms with Gasteiger partial charge in [0.1, 0.15) is 11.6 Å². The SMILES string of the molecule is CCN(CC)Cc1ccccc1CNC(=O)CSc1cc(F)ccc1F. The first kappa shape index (κ1) is 20.4. The highest BCUT2D eigenvalue weighted by molar-refractivity contribution is 8.00. The van der Waals surface area contributed by atoms with Gasteiger partial charge in [0.2, 0.25) is 5.91 Å². The number of thioether (sulfide) groups is 1. The van der Waals surface area contributed by atoms with Gasteiger partial charge in [-0.2, -0.15) is 0 Å². The molecule has 0 aliphatic heterocycles. The third kappa shape index (κ3) is 6.11. The molecule has 0 unspecified atom stereocenters. The van der Waals surface area contributed by atoms with E-state index in [1.807, 2.05) is 18.2 Å². The molecule has 26 heavy (non-hydrogen) atoms. The summed E-state index contributed by atoms with van der Waals surface area (Å²) < 4.78 is 26.8. The molecule has 3 nitrogen and oxygen atoms in total. The molecule has 1 N–H and O–H groups in total. The van der Waals surface area contributed by atoms with Gasteiger partial charge in [0.05, 0.1) is 5.75 Å². The Morgan fingerprint density at radius 3 is 2.46 bits per heavy atom. The summed E-state index contributed by atoms with van der Waals surface area (Å²) in [7, 11) is 0. The van der Waals surface area contributed by atoms with Crippen molar-refractivity contribution in [1.29, 1.82) is 0 Å². The Kier molecular flexibility index (Phi) is 8.06. The van der Waals surface area contributed by atoms with Gasteiger partial charge in [0, 0.05) is 18.0 Å². The van der Waals surface area contributed by atoms with Crippen molar-refractivity contribution in [2.45, 2.75) is 31.8 Å². The number of hydrogen-bond donors (Lipinski definition) is 1. The van der Waals surface area contributed by atoms with Crippen molar-refractivity contribution in [2.75, 3.05) is 18.8 Å². The lowest BCUT2D eigenvalue weighted by atomic mass is 10.1. The minimum Gasteiger partial charge on any atom is -0.351 e. The van der Waals surface area contributed by atoms with Crippen molar-refractivity contribution >= 4 is 17.7 Å². The number of carbonyl (C=O) groups is 1. The van der Waals surface area contributed by atoms with Crippen LogP contribution in [0, 0.1) is 11.6 Å². The van der Waals surface area contributed by atoms with Gasteiger partial charge in [0.15, 0.2) is 0 Å². The Balaban J connectivity index is 1.90. The molecule has 0 fully saturated rings. The quantitative estimate of drug-likeness (QED) is 0.663. The van der Waals surface area contributed by atoms with Gasteiger partial charge in [-0.25, -0.2) is 8.78 Å². The summed E-state index contributed by atoms with van der Waals surface area (Å²) in [6.07, 6.45) is 0. The third-order valence-electron chi connectivity index (χ3n) is 4.13. The van der Waals surface area contributed by atoms with Gasteiger partial charge in [-0.1, -0.05) is 38.1 Å². The molecule has 0 heterocycles. The summed E-state index contributed by atoms with van der Waals surface area (Å²) in [5.41, 5.74) is 2.25. The zero-order valence-corrected chi connectivity index (χ0v) is 15.9. The minimum atomic E-state index is -0.520. The van der Waals surface area contributed by atoms with Crippen LogP contribution in [0.25, 0.3) is 0 Å². The zero-order chi connectivity index (χ0) is 18.9. The number of hydrogen-bond acceptors (Lipinski definition) is 3. The fourth-order valence-corrected chi connectivity index (χ4v) is 3.34. The molecule has 2 aromatic rings. The monoisotopic (exact) mass is 378 g/mol. The number of halogens is 2. The highest BCUT2D eigenvalue weighted by Crippen LogP contribution is 2.22. The molecule has 140 valence electrons. The van der Waals surface area contributed by atoms with Crippen LogP contribution in [0.1, 0.15) is 25.0 Å². The largest absolute Gasteiger partial charge is 0.351 e. The first-order valence-electron chi connectivity index (χ1n) is 8.67. The lowest BCUT2D eigenvalue weighted by Gasteiger charge is -2.20. The van der Waals surface area contributed by atoms with E-state index in [4.69, 9.17) is 0 Å². The Morgan fingerprint density at radius 2 is 1.77 bits per heavy atom. The van der Waals surface area contributed by atoms with Crippen molar-refractivity contribution in [2.24, 2.45) is 0 Å². The van der Waals surface area contributed by atoms with E-state index in [1.165, 1.54) is 5.56 Å². The van der Waals surface area contributed by atoms with E-state index in [0.29, 0.717) is 6.54 Å². The summed E-state index contributed by atoms with van der Waals surface area (Å²) in [6.45, 7) is 7.43. The topological polar surface area (TPSA) is 32.3 Å². The van der Waals surface area contributed by atoms with Crippen LogP contribution in [-0.2, 0) is 17.9 Å². The van der Waals surface area contributed by atoms with Crippen molar-refractivity contribution in [3.63, 3.8) is 0 Å². The Labute approximate surface area is 157 Å². The second-order valence-corrected chi connectivity index (χ2v) is 6.89. The van der Waals surface area contributed by atoms with E-state index in [9.17, 15) is 13.6 Å². The number of rotatable bonds is 9. The number of amides is 1. The predicted molar refractivity (Wildman–Crippen MR) is 102 cm³/mol. The highest BCUT2D eigenvalue weighted by Gasteiger charge is 2.10. The first-order valence-corrected chi connectivity index (χ1v) is 9.65. The van der Waals surface area contributed by atoms with Crippen LogP contribution in [0.4, 0.5) is 8.78 Å². The second kappa shape index (κ2) is 10.3. The summed E-state index contributed by atoms with van der Waals surface area (Å²) in [5.74, 6) is -1.21. The molecule has 0 aliphatic rings. The molecular weight excluding hydrogens is 354 g/mol. The van der Waals surface area contributed by atoms with E-state index >= 15 is 0 Å².